The number of piperidine rings is 1. The monoisotopic (exact) mass is 223 g/mol. The summed E-state index contributed by atoms with van der Waals surface area (Å²) < 4.78 is 0. The topological polar surface area (TPSA) is 87.3 Å². The second-order valence-corrected chi connectivity index (χ2v) is 3.92. The Kier molecular flexibility index (Phi) is 3.00. The number of urea groups is 1. The number of carbonyl (C=O) groups excluding carboxylic acids is 3. The molecule has 0 aromatic rings. The lowest BCUT2D eigenvalue weighted by Gasteiger charge is -2.21. The van der Waals surface area contributed by atoms with Gasteiger partial charge in [0.2, 0.25) is 0 Å². The maximum atomic E-state index is 11.4. The minimum Gasteiger partial charge on any atom is -0.316 e. The predicted molar refractivity (Wildman–Crippen MR) is 55.4 cm³/mol. The third-order valence-electron chi connectivity index (χ3n) is 2.68. The van der Waals surface area contributed by atoms with Crippen LogP contribution in [0.15, 0.2) is 11.6 Å². The van der Waals surface area contributed by atoms with Crippen LogP contribution in [0.4, 0.5) is 4.79 Å². The number of nitrogens with one attached hydrogen (secondary N) is 3. The van der Waals surface area contributed by atoms with E-state index in [4.69, 9.17) is 0 Å². The van der Waals surface area contributed by atoms with Gasteiger partial charge in [0.1, 0.15) is 5.57 Å². The van der Waals surface area contributed by atoms with E-state index in [9.17, 15) is 14.4 Å². The Bertz CT molecular complexity index is 348. The number of amides is 4. The highest BCUT2D eigenvalue weighted by Gasteiger charge is 2.28. The number of hydrogen-bond donors (Lipinski definition) is 3. The van der Waals surface area contributed by atoms with Crippen LogP contribution in [0.5, 0.6) is 0 Å². The van der Waals surface area contributed by atoms with Crippen molar-refractivity contribution in [2.45, 2.75) is 12.8 Å². The first-order valence-corrected chi connectivity index (χ1v) is 5.26. The van der Waals surface area contributed by atoms with Crippen LogP contribution in [0.1, 0.15) is 12.8 Å². The van der Waals surface area contributed by atoms with Crippen molar-refractivity contribution in [3.05, 3.63) is 11.6 Å². The van der Waals surface area contributed by atoms with Crippen molar-refractivity contribution in [2.24, 2.45) is 5.92 Å². The molecule has 3 N–H and O–H groups in total. The van der Waals surface area contributed by atoms with Crippen LogP contribution in [0.25, 0.3) is 0 Å². The van der Waals surface area contributed by atoms with Gasteiger partial charge < -0.3 is 5.32 Å². The Balaban J connectivity index is 2.11. The zero-order chi connectivity index (χ0) is 11.5. The number of hydrogen-bond acceptors (Lipinski definition) is 4. The quantitative estimate of drug-likeness (QED) is 0.404. The number of rotatable bonds is 1. The van der Waals surface area contributed by atoms with E-state index < -0.39 is 17.8 Å². The zero-order valence-corrected chi connectivity index (χ0v) is 8.71. The Labute approximate surface area is 92.5 Å². The standard InChI is InChI=1S/C10H13N3O3/c14-8-7(9(15)13-10(16)12-8)4-6-2-1-3-11-5-6/h4,6,11H,1-3,5H2,(H2,12,13,14,15,16). The van der Waals surface area contributed by atoms with Crippen molar-refractivity contribution in [3.63, 3.8) is 0 Å². The highest BCUT2D eigenvalue weighted by molar-refractivity contribution is 6.28. The van der Waals surface area contributed by atoms with Crippen molar-refractivity contribution in [2.75, 3.05) is 13.1 Å². The van der Waals surface area contributed by atoms with Crippen LogP contribution < -0.4 is 16.0 Å². The van der Waals surface area contributed by atoms with Gasteiger partial charge in [-0.2, -0.15) is 0 Å². The van der Waals surface area contributed by atoms with Gasteiger partial charge in [0.25, 0.3) is 11.8 Å². The van der Waals surface area contributed by atoms with Gasteiger partial charge in [0.15, 0.2) is 0 Å². The molecule has 0 saturated carbocycles. The second kappa shape index (κ2) is 4.44. The molecule has 1 unspecified atom stereocenters. The average molecular weight is 223 g/mol. The summed E-state index contributed by atoms with van der Waals surface area (Å²) in [5, 5.41) is 7.29. The molecule has 2 heterocycles. The minimum absolute atomic E-state index is 0.0355. The summed E-state index contributed by atoms with van der Waals surface area (Å²) in [7, 11) is 0. The second-order valence-electron chi connectivity index (χ2n) is 3.92. The average Bonchev–Trinajstić information content (AvgIpc) is 2.25. The molecule has 2 fully saturated rings. The van der Waals surface area contributed by atoms with Crippen LogP contribution in [0.3, 0.4) is 0 Å². The van der Waals surface area contributed by atoms with Crippen LogP contribution >= 0.6 is 0 Å². The van der Waals surface area contributed by atoms with Gasteiger partial charge in [-0.15, -0.1) is 0 Å². The first kappa shape index (κ1) is 10.8. The number of carbonyl (C=O) groups is 3. The first-order valence-electron chi connectivity index (χ1n) is 5.26. The smallest absolute Gasteiger partial charge is 0.316 e. The molecule has 0 spiro atoms. The van der Waals surface area contributed by atoms with E-state index in [2.05, 4.69) is 16.0 Å². The Morgan fingerprint density at radius 3 is 2.38 bits per heavy atom. The normalized spacial score (nSPS) is 26.1. The lowest BCUT2D eigenvalue weighted by Crippen LogP contribution is -2.51. The molecule has 2 rings (SSSR count). The third-order valence-corrected chi connectivity index (χ3v) is 2.68. The van der Waals surface area contributed by atoms with E-state index in [0.717, 1.165) is 25.9 Å². The Morgan fingerprint density at radius 1 is 1.12 bits per heavy atom. The van der Waals surface area contributed by atoms with Crippen LogP contribution in [-0.4, -0.2) is 30.9 Å². The maximum absolute atomic E-state index is 11.4. The number of barbiturate groups is 1. The van der Waals surface area contributed by atoms with Gasteiger partial charge in [-0.05, 0) is 25.3 Å². The van der Waals surface area contributed by atoms with Gasteiger partial charge in [0, 0.05) is 6.54 Å². The maximum Gasteiger partial charge on any atom is 0.328 e. The SMILES string of the molecule is O=C1NC(=O)C(=CC2CCCNC2)C(=O)N1. The van der Waals surface area contributed by atoms with E-state index in [0.29, 0.717) is 0 Å². The summed E-state index contributed by atoms with van der Waals surface area (Å²) in [6, 6.07) is -0.756. The molecule has 0 radical (unpaired) electrons. The highest BCUT2D eigenvalue weighted by atomic mass is 16.2. The summed E-state index contributed by atoms with van der Waals surface area (Å²) in [6.07, 6.45) is 3.62. The fraction of sp³-hybridized carbons (Fsp3) is 0.500. The van der Waals surface area contributed by atoms with Crippen molar-refractivity contribution in [1.29, 1.82) is 0 Å². The molecule has 0 aromatic heterocycles. The molecule has 0 aliphatic carbocycles. The molecule has 2 aliphatic heterocycles. The van der Waals surface area contributed by atoms with Gasteiger partial charge in [0.05, 0.1) is 0 Å². The van der Waals surface area contributed by atoms with E-state index >= 15 is 0 Å². The van der Waals surface area contributed by atoms with Gasteiger partial charge in [-0.3, -0.25) is 20.2 Å². The van der Waals surface area contributed by atoms with E-state index in [1.54, 1.807) is 6.08 Å². The largest absolute Gasteiger partial charge is 0.328 e. The molecule has 6 heteroatoms. The van der Waals surface area contributed by atoms with Crippen molar-refractivity contribution >= 4 is 17.8 Å². The molecule has 0 aromatic carbocycles. The molecule has 0 bridgehead atoms. The summed E-state index contributed by atoms with van der Waals surface area (Å²) in [5.74, 6) is -1.05. The highest BCUT2D eigenvalue weighted by Crippen LogP contribution is 2.14. The third kappa shape index (κ3) is 2.27. The molecule has 86 valence electrons. The van der Waals surface area contributed by atoms with Crippen LogP contribution in [-0.2, 0) is 9.59 Å². The van der Waals surface area contributed by atoms with Gasteiger partial charge in [-0.25, -0.2) is 4.79 Å². The van der Waals surface area contributed by atoms with Crippen molar-refractivity contribution < 1.29 is 14.4 Å². The Hall–Kier alpha value is -1.69. The number of imide groups is 2. The van der Waals surface area contributed by atoms with Crippen molar-refractivity contribution in [1.82, 2.24) is 16.0 Å². The minimum atomic E-state index is -0.756. The van der Waals surface area contributed by atoms with Gasteiger partial charge in [-0.1, -0.05) is 6.08 Å². The van der Waals surface area contributed by atoms with Crippen molar-refractivity contribution in [3.8, 4) is 0 Å². The molecular formula is C10H13N3O3. The van der Waals surface area contributed by atoms with Gasteiger partial charge >= 0.3 is 6.03 Å². The van der Waals surface area contributed by atoms with E-state index in [1.165, 1.54) is 0 Å². The summed E-state index contributed by atoms with van der Waals surface area (Å²) in [5.41, 5.74) is 0.0355. The molecule has 2 saturated heterocycles. The van der Waals surface area contributed by atoms with Crippen LogP contribution in [0.2, 0.25) is 0 Å². The van der Waals surface area contributed by atoms with E-state index in [1.807, 2.05) is 0 Å². The molecule has 6 nitrogen and oxygen atoms in total. The molecule has 4 amide bonds. The summed E-state index contributed by atoms with van der Waals surface area (Å²) in [6.45, 7) is 1.73. The molecular weight excluding hydrogens is 210 g/mol. The predicted octanol–water partition coefficient (Wildman–Crippen LogP) is -0.722. The lowest BCUT2D eigenvalue weighted by molar-refractivity contribution is -0.124. The summed E-state index contributed by atoms with van der Waals surface area (Å²) in [4.78, 5) is 33.6. The Morgan fingerprint density at radius 2 is 1.81 bits per heavy atom. The fourth-order valence-electron chi connectivity index (χ4n) is 1.88. The first-order chi connectivity index (χ1) is 7.66. The molecule has 2 aliphatic rings. The summed E-state index contributed by atoms with van der Waals surface area (Å²) >= 11 is 0. The molecule has 16 heavy (non-hydrogen) atoms. The fourth-order valence-corrected chi connectivity index (χ4v) is 1.88. The zero-order valence-electron chi connectivity index (χ0n) is 8.71. The lowest BCUT2D eigenvalue weighted by atomic mass is 9.96. The van der Waals surface area contributed by atoms with E-state index in [-0.39, 0.29) is 11.5 Å². The molecule has 1 atom stereocenters. The van der Waals surface area contributed by atoms with Crippen LogP contribution in [0, 0.1) is 5.92 Å².